The average molecular weight is 415 g/mol. The summed E-state index contributed by atoms with van der Waals surface area (Å²) in [6.07, 6.45) is -0.0219. The molecule has 0 aliphatic rings. The molecule has 0 aromatic rings. The van der Waals surface area contributed by atoms with Gasteiger partial charge in [-0.15, -0.1) is 23.2 Å². The van der Waals surface area contributed by atoms with Crippen LogP contribution in [0, 0.1) is 0 Å². The van der Waals surface area contributed by atoms with E-state index in [-0.39, 0.29) is 10.0 Å². The van der Waals surface area contributed by atoms with Gasteiger partial charge in [-0.05, 0) is 0 Å². The summed E-state index contributed by atoms with van der Waals surface area (Å²) in [6.45, 7) is 3.38. The minimum atomic E-state index is -0.0219. The third-order valence-corrected chi connectivity index (χ3v) is 4.47. The maximum Gasteiger partial charge on any atom is 0.0840 e. The summed E-state index contributed by atoms with van der Waals surface area (Å²) in [4.78, 5) is 0. The van der Waals surface area contributed by atoms with Crippen LogP contribution < -0.4 is 0 Å². The molecular weight excluding hydrogens is 394 g/mol. The van der Waals surface area contributed by atoms with Crippen LogP contribution in [0.2, 0.25) is 0 Å². The smallest absolute Gasteiger partial charge is 0.0840 e. The Morgan fingerprint density at radius 2 is 1.44 bits per heavy atom. The normalized spacial score (nSPS) is 14.7. The highest BCUT2D eigenvalue weighted by Crippen LogP contribution is 2.13. The summed E-state index contributed by atoms with van der Waals surface area (Å²) in [5.41, 5.74) is 0. The monoisotopic (exact) mass is 414 g/mol. The van der Waals surface area contributed by atoms with E-state index in [2.05, 4.69) is 22.6 Å². The Morgan fingerprint density at radius 1 is 0.889 bits per heavy atom. The molecule has 0 saturated carbocycles. The van der Waals surface area contributed by atoms with Gasteiger partial charge in [0.15, 0.2) is 0 Å². The molecule has 18 heavy (non-hydrogen) atoms. The fourth-order valence-corrected chi connectivity index (χ4v) is 2.33. The van der Waals surface area contributed by atoms with Crippen molar-refractivity contribution < 1.29 is 18.9 Å². The molecular formula is C11H21Cl2IO4. The number of hydrogen-bond acceptors (Lipinski definition) is 4. The summed E-state index contributed by atoms with van der Waals surface area (Å²) >= 11 is 13.8. The first kappa shape index (κ1) is 19.1. The van der Waals surface area contributed by atoms with Crippen molar-refractivity contribution in [3.8, 4) is 0 Å². The molecule has 2 unspecified atom stereocenters. The number of ether oxygens (including phenoxy) is 4. The van der Waals surface area contributed by atoms with Crippen LogP contribution in [0.25, 0.3) is 0 Å². The lowest BCUT2D eigenvalue weighted by atomic mass is 10.3. The summed E-state index contributed by atoms with van der Waals surface area (Å²) < 4.78 is 21.3. The molecule has 0 N–H and O–H groups in total. The molecule has 0 aliphatic heterocycles. The molecule has 2 atom stereocenters. The lowest BCUT2D eigenvalue weighted by Gasteiger charge is -2.19. The molecule has 0 aliphatic carbocycles. The average Bonchev–Trinajstić information content (AvgIpc) is 2.40. The van der Waals surface area contributed by atoms with E-state index in [0.717, 1.165) is 0 Å². The number of alkyl halides is 3. The third-order valence-electron chi connectivity index (χ3n) is 2.07. The SMILES string of the molecule is COCCOCCOCCOC(CCl)C(I)CCl. The van der Waals surface area contributed by atoms with Gasteiger partial charge >= 0.3 is 0 Å². The molecule has 0 fully saturated rings. The van der Waals surface area contributed by atoms with Gasteiger partial charge in [0.25, 0.3) is 0 Å². The second-order valence-corrected chi connectivity index (χ2v) is 5.67. The van der Waals surface area contributed by atoms with Crippen molar-refractivity contribution in [3.63, 3.8) is 0 Å². The maximum atomic E-state index is 5.79. The molecule has 0 saturated heterocycles. The first-order valence-corrected chi connectivity index (χ1v) is 8.09. The first-order chi connectivity index (χ1) is 8.76. The molecule has 0 aromatic heterocycles. The van der Waals surface area contributed by atoms with Crippen molar-refractivity contribution in [1.82, 2.24) is 0 Å². The van der Waals surface area contributed by atoms with Gasteiger partial charge in [-0.25, -0.2) is 0 Å². The molecule has 0 aromatic carbocycles. The third kappa shape index (κ3) is 11.0. The Labute approximate surface area is 133 Å². The summed E-state index contributed by atoms with van der Waals surface area (Å²) in [7, 11) is 1.64. The van der Waals surface area contributed by atoms with Crippen LogP contribution in [0.4, 0.5) is 0 Å². The lowest BCUT2D eigenvalue weighted by Crippen LogP contribution is -2.29. The van der Waals surface area contributed by atoms with Crippen molar-refractivity contribution in [1.29, 1.82) is 0 Å². The van der Waals surface area contributed by atoms with Gasteiger partial charge in [-0.3, -0.25) is 0 Å². The van der Waals surface area contributed by atoms with Gasteiger partial charge in [0.05, 0.1) is 49.7 Å². The maximum absolute atomic E-state index is 5.79. The van der Waals surface area contributed by atoms with Crippen LogP contribution in [0.15, 0.2) is 0 Å². The van der Waals surface area contributed by atoms with Gasteiger partial charge in [-0.2, -0.15) is 0 Å². The summed E-state index contributed by atoms with van der Waals surface area (Å²) in [5.74, 6) is 0.979. The molecule has 0 radical (unpaired) electrons. The Hall–Kier alpha value is 1.15. The second-order valence-electron chi connectivity index (χ2n) is 3.45. The molecule has 7 heteroatoms. The number of hydrogen-bond donors (Lipinski definition) is 0. The van der Waals surface area contributed by atoms with E-state index in [1.54, 1.807) is 7.11 Å². The van der Waals surface area contributed by atoms with Crippen LogP contribution in [0.3, 0.4) is 0 Å². The molecule has 0 bridgehead atoms. The van der Waals surface area contributed by atoms with E-state index in [0.29, 0.717) is 51.4 Å². The highest BCUT2D eigenvalue weighted by Gasteiger charge is 2.17. The van der Waals surface area contributed by atoms with E-state index in [1.807, 2.05) is 0 Å². The standard InChI is InChI=1S/C11H21Cl2IO4/c1-15-2-3-16-4-5-17-6-7-18-11(9-13)10(14)8-12/h10-11H,2-9H2,1H3. The van der Waals surface area contributed by atoms with Gasteiger partial charge in [-0.1, -0.05) is 22.6 Å². The molecule has 0 spiro atoms. The van der Waals surface area contributed by atoms with Crippen LogP contribution in [-0.2, 0) is 18.9 Å². The fourth-order valence-electron chi connectivity index (χ4n) is 1.07. The van der Waals surface area contributed by atoms with Gasteiger partial charge in [0.2, 0.25) is 0 Å². The van der Waals surface area contributed by atoms with Gasteiger partial charge in [0, 0.05) is 18.9 Å². The zero-order valence-electron chi connectivity index (χ0n) is 10.6. The highest BCUT2D eigenvalue weighted by molar-refractivity contribution is 14.1. The van der Waals surface area contributed by atoms with Crippen LogP contribution in [0.1, 0.15) is 0 Å². The molecule has 0 amide bonds. The fraction of sp³-hybridized carbons (Fsp3) is 1.00. The van der Waals surface area contributed by atoms with Gasteiger partial charge in [0.1, 0.15) is 0 Å². The second kappa shape index (κ2) is 14.6. The Kier molecular flexibility index (Phi) is 15.5. The quantitative estimate of drug-likeness (QED) is 0.263. The number of rotatable bonds is 13. The van der Waals surface area contributed by atoms with Crippen molar-refractivity contribution >= 4 is 45.8 Å². The van der Waals surface area contributed by atoms with Crippen molar-refractivity contribution in [2.75, 3.05) is 58.5 Å². The Bertz CT molecular complexity index is 177. The van der Waals surface area contributed by atoms with E-state index in [1.165, 1.54) is 0 Å². The van der Waals surface area contributed by atoms with E-state index in [9.17, 15) is 0 Å². The van der Waals surface area contributed by atoms with E-state index < -0.39 is 0 Å². The van der Waals surface area contributed by atoms with Crippen LogP contribution in [0.5, 0.6) is 0 Å². The Morgan fingerprint density at radius 3 is 1.94 bits per heavy atom. The predicted molar refractivity (Wildman–Crippen MR) is 82.5 cm³/mol. The number of halogens is 3. The van der Waals surface area contributed by atoms with Crippen LogP contribution >= 0.6 is 45.8 Å². The predicted octanol–water partition coefficient (Wildman–Crippen LogP) is 2.33. The van der Waals surface area contributed by atoms with Gasteiger partial charge < -0.3 is 18.9 Å². The van der Waals surface area contributed by atoms with Crippen molar-refractivity contribution in [2.24, 2.45) is 0 Å². The lowest BCUT2D eigenvalue weighted by molar-refractivity contribution is -0.00972. The zero-order valence-corrected chi connectivity index (χ0v) is 14.2. The molecule has 0 heterocycles. The number of methoxy groups -OCH3 is 1. The summed E-state index contributed by atoms with van der Waals surface area (Å²) in [5, 5.41) is 0. The van der Waals surface area contributed by atoms with Crippen LogP contribution in [-0.4, -0.2) is 68.5 Å². The van der Waals surface area contributed by atoms with E-state index >= 15 is 0 Å². The minimum Gasteiger partial charge on any atom is -0.382 e. The minimum absolute atomic E-state index is 0.0219. The van der Waals surface area contributed by atoms with Crippen molar-refractivity contribution in [3.05, 3.63) is 0 Å². The summed E-state index contributed by atoms with van der Waals surface area (Å²) in [6, 6.07) is 0. The zero-order chi connectivity index (χ0) is 13.6. The molecule has 110 valence electrons. The largest absolute Gasteiger partial charge is 0.382 e. The molecule has 4 nitrogen and oxygen atoms in total. The Balaban J connectivity index is 3.28. The van der Waals surface area contributed by atoms with Crippen molar-refractivity contribution in [2.45, 2.75) is 10.0 Å². The molecule has 0 rings (SSSR count). The first-order valence-electron chi connectivity index (χ1n) is 5.78. The van der Waals surface area contributed by atoms with E-state index in [4.69, 9.17) is 42.1 Å². The topological polar surface area (TPSA) is 36.9 Å². The highest BCUT2D eigenvalue weighted by atomic mass is 127.